The lowest BCUT2D eigenvalue weighted by molar-refractivity contribution is 0.219. The fourth-order valence-corrected chi connectivity index (χ4v) is 1.42. The number of para-hydroxylation sites is 1. The molecule has 0 aliphatic heterocycles. The van der Waals surface area contributed by atoms with Crippen molar-refractivity contribution >= 4 is 0 Å². The number of hydrogen-bond donors (Lipinski definition) is 1. The van der Waals surface area contributed by atoms with Gasteiger partial charge in [0.25, 0.3) is 0 Å². The number of aliphatic hydroxyl groups excluding tert-OH is 1. The highest BCUT2D eigenvalue weighted by atomic mass is 16.5. The molecule has 0 amide bonds. The van der Waals surface area contributed by atoms with Gasteiger partial charge in [-0.2, -0.15) is 0 Å². The fraction of sp³-hybridized carbons (Fsp3) is 0.385. The van der Waals surface area contributed by atoms with Crippen LogP contribution < -0.4 is 4.74 Å². The summed E-state index contributed by atoms with van der Waals surface area (Å²) in [5.74, 6) is 0.755. The third-order valence-electron chi connectivity index (χ3n) is 2.03. The van der Waals surface area contributed by atoms with E-state index in [1.54, 1.807) is 0 Å². The minimum atomic E-state index is -0.585. The second-order valence-corrected chi connectivity index (χ2v) is 3.66. The number of hydrogen-bond acceptors (Lipinski definition) is 2. The summed E-state index contributed by atoms with van der Waals surface area (Å²) in [7, 11) is 0. The largest absolute Gasteiger partial charge is 0.493 e. The molecule has 0 heterocycles. The maximum absolute atomic E-state index is 9.94. The molecule has 0 fully saturated rings. The van der Waals surface area contributed by atoms with Crippen LogP contribution in [0, 0.1) is 0 Å². The van der Waals surface area contributed by atoms with Gasteiger partial charge in [-0.25, -0.2) is 0 Å². The Balaban J connectivity index is 2.96. The Morgan fingerprint density at radius 1 is 1.40 bits per heavy atom. The van der Waals surface area contributed by atoms with Gasteiger partial charge in [0.1, 0.15) is 11.9 Å². The molecule has 0 spiro atoms. The van der Waals surface area contributed by atoms with Gasteiger partial charge < -0.3 is 9.84 Å². The molecule has 1 N–H and O–H groups in total. The predicted molar refractivity (Wildman–Crippen MR) is 62.0 cm³/mol. The van der Waals surface area contributed by atoms with Crippen molar-refractivity contribution in [2.45, 2.75) is 26.9 Å². The van der Waals surface area contributed by atoms with Crippen molar-refractivity contribution in [3.8, 4) is 5.75 Å². The van der Waals surface area contributed by atoms with Crippen molar-refractivity contribution in [3.63, 3.8) is 0 Å². The number of benzene rings is 1. The first-order valence-corrected chi connectivity index (χ1v) is 5.20. The molecule has 2 heteroatoms. The second kappa shape index (κ2) is 5.56. The standard InChI is InChI=1S/C13H18O2/c1-4-15-13-8-6-5-7-11(13)12(14)9-10(2)3/h5-9,12,14H,4H2,1-3H3. The highest BCUT2D eigenvalue weighted by Gasteiger charge is 2.09. The first kappa shape index (κ1) is 11.8. The topological polar surface area (TPSA) is 29.5 Å². The van der Waals surface area contributed by atoms with Crippen molar-refractivity contribution in [3.05, 3.63) is 41.5 Å². The van der Waals surface area contributed by atoms with E-state index in [1.165, 1.54) is 0 Å². The highest BCUT2D eigenvalue weighted by molar-refractivity contribution is 5.37. The Morgan fingerprint density at radius 3 is 2.67 bits per heavy atom. The Hall–Kier alpha value is -1.28. The summed E-state index contributed by atoms with van der Waals surface area (Å²) in [5, 5.41) is 9.94. The van der Waals surface area contributed by atoms with Crippen molar-refractivity contribution in [1.82, 2.24) is 0 Å². The van der Waals surface area contributed by atoms with Crippen LogP contribution in [0.2, 0.25) is 0 Å². The van der Waals surface area contributed by atoms with Gasteiger partial charge in [0, 0.05) is 5.56 Å². The molecule has 0 aliphatic carbocycles. The highest BCUT2D eigenvalue weighted by Crippen LogP contribution is 2.26. The molecule has 0 bridgehead atoms. The van der Waals surface area contributed by atoms with Crippen LogP contribution in [0.3, 0.4) is 0 Å². The lowest BCUT2D eigenvalue weighted by atomic mass is 10.1. The van der Waals surface area contributed by atoms with Crippen LogP contribution in [0.15, 0.2) is 35.9 Å². The maximum atomic E-state index is 9.94. The van der Waals surface area contributed by atoms with Crippen LogP contribution in [0.5, 0.6) is 5.75 Å². The van der Waals surface area contributed by atoms with Gasteiger partial charge in [-0.05, 0) is 26.8 Å². The third-order valence-corrected chi connectivity index (χ3v) is 2.03. The maximum Gasteiger partial charge on any atom is 0.125 e. The summed E-state index contributed by atoms with van der Waals surface area (Å²) in [4.78, 5) is 0. The molecular formula is C13H18O2. The van der Waals surface area contributed by atoms with Gasteiger partial charge in [-0.3, -0.25) is 0 Å². The van der Waals surface area contributed by atoms with E-state index in [4.69, 9.17) is 4.74 Å². The fourth-order valence-electron chi connectivity index (χ4n) is 1.42. The molecule has 1 unspecified atom stereocenters. The van der Waals surface area contributed by atoms with Gasteiger partial charge in [0.05, 0.1) is 6.61 Å². The van der Waals surface area contributed by atoms with E-state index in [0.29, 0.717) is 6.61 Å². The van der Waals surface area contributed by atoms with E-state index in [0.717, 1.165) is 16.9 Å². The van der Waals surface area contributed by atoms with Crippen LogP contribution in [-0.2, 0) is 0 Å². The summed E-state index contributed by atoms with van der Waals surface area (Å²) >= 11 is 0. The molecule has 15 heavy (non-hydrogen) atoms. The quantitative estimate of drug-likeness (QED) is 0.767. The molecule has 2 nitrogen and oxygen atoms in total. The molecule has 0 radical (unpaired) electrons. The van der Waals surface area contributed by atoms with Crippen LogP contribution >= 0.6 is 0 Å². The molecule has 1 aromatic carbocycles. The van der Waals surface area contributed by atoms with E-state index in [1.807, 2.05) is 51.1 Å². The molecular weight excluding hydrogens is 188 g/mol. The Morgan fingerprint density at radius 2 is 2.07 bits per heavy atom. The van der Waals surface area contributed by atoms with E-state index >= 15 is 0 Å². The SMILES string of the molecule is CCOc1ccccc1C(O)C=C(C)C. The van der Waals surface area contributed by atoms with Crippen molar-refractivity contribution < 1.29 is 9.84 Å². The number of rotatable bonds is 4. The van der Waals surface area contributed by atoms with E-state index < -0.39 is 6.10 Å². The summed E-state index contributed by atoms with van der Waals surface area (Å²) in [5.41, 5.74) is 1.91. The van der Waals surface area contributed by atoms with Crippen LogP contribution in [0.25, 0.3) is 0 Å². The monoisotopic (exact) mass is 206 g/mol. The third kappa shape index (κ3) is 3.40. The smallest absolute Gasteiger partial charge is 0.125 e. The molecule has 0 aliphatic rings. The molecule has 82 valence electrons. The summed E-state index contributed by atoms with van der Waals surface area (Å²) < 4.78 is 5.45. The average molecular weight is 206 g/mol. The molecule has 0 saturated carbocycles. The molecule has 0 aromatic heterocycles. The molecule has 1 rings (SSSR count). The molecule has 1 aromatic rings. The van der Waals surface area contributed by atoms with Gasteiger partial charge in [-0.15, -0.1) is 0 Å². The second-order valence-electron chi connectivity index (χ2n) is 3.66. The van der Waals surface area contributed by atoms with Crippen molar-refractivity contribution in [1.29, 1.82) is 0 Å². The van der Waals surface area contributed by atoms with E-state index in [-0.39, 0.29) is 0 Å². The van der Waals surface area contributed by atoms with Crippen LogP contribution in [0.4, 0.5) is 0 Å². The van der Waals surface area contributed by atoms with Gasteiger partial charge in [-0.1, -0.05) is 29.8 Å². The summed E-state index contributed by atoms with van der Waals surface area (Å²) in [6, 6.07) is 7.57. The number of ether oxygens (including phenoxy) is 1. The molecule has 0 saturated heterocycles. The van der Waals surface area contributed by atoms with Gasteiger partial charge in [0.15, 0.2) is 0 Å². The van der Waals surface area contributed by atoms with Crippen molar-refractivity contribution in [2.75, 3.05) is 6.61 Å². The zero-order valence-corrected chi connectivity index (χ0v) is 9.53. The minimum absolute atomic E-state index is 0.585. The normalized spacial score (nSPS) is 12.0. The molecule has 1 atom stereocenters. The van der Waals surface area contributed by atoms with E-state index in [2.05, 4.69) is 0 Å². The van der Waals surface area contributed by atoms with Gasteiger partial charge >= 0.3 is 0 Å². The Labute approximate surface area is 91.2 Å². The Kier molecular flexibility index (Phi) is 4.37. The van der Waals surface area contributed by atoms with Crippen LogP contribution in [0.1, 0.15) is 32.4 Å². The minimum Gasteiger partial charge on any atom is -0.493 e. The first-order chi connectivity index (χ1) is 7.15. The number of aliphatic hydroxyl groups is 1. The lowest BCUT2D eigenvalue weighted by Crippen LogP contribution is -2.00. The zero-order valence-electron chi connectivity index (χ0n) is 9.53. The first-order valence-electron chi connectivity index (χ1n) is 5.20. The van der Waals surface area contributed by atoms with Crippen LogP contribution in [-0.4, -0.2) is 11.7 Å². The zero-order chi connectivity index (χ0) is 11.3. The van der Waals surface area contributed by atoms with Crippen molar-refractivity contribution in [2.24, 2.45) is 0 Å². The number of allylic oxidation sites excluding steroid dienone is 1. The van der Waals surface area contributed by atoms with E-state index in [9.17, 15) is 5.11 Å². The van der Waals surface area contributed by atoms with Gasteiger partial charge in [0.2, 0.25) is 0 Å². The predicted octanol–water partition coefficient (Wildman–Crippen LogP) is 3.08. The Bertz CT molecular complexity index is 338. The average Bonchev–Trinajstić information content (AvgIpc) is 2.18. The summed E-state index contributed by atoms with van der Waals surface area (Å²) in [6.45, 7) is 6.47. The summed E-state index contributed by atoms with van der Waals surface area (Å²) in [6.07, 6.45) is 1.23. The lowest BCUT2D eigenvalue weighted by Gasteiger charge is -2.13.